The molecular formula is C10H15F3N2O4S. The molecule has 0 spiro atoms. The molecule has 2 N–H and O–H groups in total. The second-order valence-electron chi connectivity index (χ2n) is 3.76. The van der Waals surface area contributed by atoms with E-state index < -0.39 is 37.2 Å². The van der Waals surface area contributed by atoms with E-state index in [1.165, 1.54) is 17.1 Å². The SMILES string of the molecule is CS[C@H](C)CC(=O)OCC(=O)NC(=O)NCC(F)(F)F. The summed E-state index contributed by atoms with van der Waals surface area (Å²) in [6.07, 6.45) is -2.68. The zero-order chi connectivity index (χ0) is 15.8. The van der Waals surface area contributed by atoms with Gasteiger partial charge in [-0.1, -0.05) is 6.92 Å². The highest BCUT2D eigenvalue weighted by molar-refractivity contribution is 7.99. The molecule has 3 amide bonds. The molecule has 0 aliphatic carbocycles. The Morgan fingerprint density at radius 2 is 1.90 bits per heavy atom. The third-order valence-electron chi connectivity index (χ3n) is 1.92. The molecule has 0 rings (SSSR count). The first-order valence-corrected chi connectivity index (χ1v) is 6.75. The number of carbonyl (C=O) groups is 3. The Hall–Kier alpha value is -1.45. The number of rotatable bonds is 6. The number of nitrogens with one attached hydrogen (secondary N) is 2. The zero-order valence-corrected chi connectivity index (χ0v) is 11.7. The molecule has 20 heavy (non-hydrogen) atoms. The molecule has 10 heteroatoms. The molecular weight excluding hydrogens is 301 g/mol. The summed E-state index contributed by atoms with van der Waals surface area (Å²) in [6.45, 7) is -0.493. The molecule has 0 heterocycles. The lowest BCUT2D eigenvalue weighted by atomic mass is 10.3. The zero-order valence-electron chi connectivity index (χ0n) is 10.9. The fourth-order valence-electron chi connectivity index (χ4n) is 0.910. The summed E-state index contributed by atoms with van der Waals surface area (Å²) in [5.74, 6) is -1.63. The van der Waals surface area contributed by atoms with Gasteiger partial charge in [-0.15, -0.1) is 0 Å². The number of esters is 1. The van der Waals surface area contributed by atoms with E-state index in [-0.39, 0.29) is 11.7 Å². The summed E-state index contributed by atoms with van der Waals surface area (Å²) in [7, 11) is 0. The molecule has 0 aromatic carbocycles. The van der Waals surface area contributed by atoms with Crippen molar-refractivity contribution >= 4 is 29.7 Å². The summed E-state index contributed by atoms with van der Waals surface area (Å²) in [4.78, 5) is 33.2. The van der Waals surface area contributed by atoms with Gasteiger partial charge in [-0.05, 0) is 6.26 Å². The number of imide groups is 1. The average molecular weight is 316 g/mol. The average Bonchev–Trinajstić information content (AvgIpc) is 2.33. The summed E-state index contributed by atoms with van der Waals surface area (Å²) in [6, 6.07) is -1.30. The third-order valence-corrected chi connectivity index (χ3v) is 2.89. The molecule has 0 bridgehead atoms. The van der Waals surface area contributed by atoms with Crippen LogP contribution >= 0.6 is 11.8 Å². The predicted molar refractivity (Wildman–Crippen MR) is 66.1 cm³/mol. The number of urea groups is 1. The maximum absolute atomic E-state index is 11.8. The van der Waals surface area contributed by atoms with Crippen molar-refractivity contribution in [2.75, 3.05) is 19.4 Å². The first-order valence-electron chi connectivity index (χ1n) is 5.47. The van der Waals surface area contributed by atoms with Crippen molar-refractivity contribution < 1.29 is 32.3 Å². The molecule has 1 atom stereocenters. The fourth-order valence-corrected chi connectivity index (χ4v) is 1.21. The Labute approximate surface area is 117 Å². The van der Waals surface area contributed by atoms with Gasteiger partial charge in [0.1, 0.15) is 6.54 Å². The predicted octanol–water partition coefficient (Wildman–Crippen LogP) is 1.06. The monoisotopic (exact) mass is 316 g/mol. The van der Waals surface area contributed by atoms with Crippen molar-refractivity contribution in [2.45, 2.75) is 24.8 Å². The molecule has 116 valence electrons. The summed E-state index contributed by atoms with van der Waals surface area (Å²) >= 11 is 1.43. The van der Waals surface area contributed by atoms with E-state index >= 15 is 0 Å². The van der Waals surface area contributed by atoms with Gasteiger partial charge in [0.15, 0.2) is 6.61 Å². The topological polar surface area (TPSA) is 84.5 Å². The van der Waals surface area contributed by atoms with Crippen LogP contribution < -0.4 is 10.6 Å². The molecule has 0 saturated carbocycles. The van der Waals surface area contributed by atoms with E-state index in [1.54, 1.807) is 18.5 Å². The van der Waals surface area contributed by atoms with Gasteiger partial charge in [0.2, 0.25) is 0 Å². The number of thioether (sulfide) groups is 1. The lowest BCUT2D eigenvalue weighted by molar-refractivity contribution is -0.148. The van der Waals surface area contributed by atoms with Crippen molar-refractivity contribution in [3.63, 3.8) is 0 Å². The maximum Gasteiger partial charge on any atom is 0.405 e. The van der Waals surface area contributed by atoms with Gasteiger partial charge in [-0.2, -0.15) is 24.9 Å². The second-order valence-corrected chi connectivity index (χ2v) is 5.03. The Balaban J connectivity index is 3.88. The molecule has 0 fully saturated rings. The van der Waals surface area contributed by atoms with Crippen molar-refractivity contribution in [3.8, 4) is 0 Å². The minimum atomic E-state index is -4.57. The van der Waals surface area contributed by atoms with Crippen LogP contribution in [0.3, 0.4) is 0 Å². The minimum Gasteiger partial charge on any atom is -0.456 e. The van der Waals surface area contributed by atoms with Gasteiger partial charge in [0, 0.05) is 5.25 Å². The van der Waals surface area contributed by atoms with E-state index in [9.17, 15) is 27.6 Å². The molecule has 0 saturated heterocycles. The van der Waals surface area contributed by atoms with Crippen LogP contribution in [-0.4, -0.2) is 48.7 Å². The Morgan fingerprint density at radius 3 is 2.40 bits per heavy atom. The van der Waals surface area contributed by atoms with Crippen LogP contribution in [-0.2, 0) is 14.3 Å². The quantitative estimate of drug-likeness (QED) is 0.716. The Kier molecular flexibility index (Phi) is 8.04. The van der Waals surface area contributed by atoms with Crippen LogP contribution in [0.5, 0.6) is 0 Å². The smallest absolute Gasteiger partial charge is 0.405 e. The van der Waals surface area contributed by atoms with E-state index in [2.05, 4.69) is 4.74 Å². The summed E-state index contributed by atoms with van der Waals surface area (Å²) in [5, 5.41) is 3.06. The van der Waals surface area contributed by atoms with Crippen LogP contribution in [0.25, 0.3) is 0 Å². The molecule has 0 radical (unpaired) electrons. The highest BCUT2D eigenvalue weighted by Gasteiger charge is 2.28. The van der Waals surface area contributed by atoms with Crippen LogP contribution in [0.2, 0.25) is 0 Å². The number of alkyl halides is 3. The second kappa shape index (κ2) is 8.67. The van der Waals surface area contributed by atoms with E-state index in [0.29, 0.717) is 0 Å². The van der Waals surface area contributed by atoms with Gasteiger partial charge < -0.3 is 10.1 Å². The van der Waals surface area contributed by atoms with Crippen molar-refractivity contribution in [1.82, 2.24) is 10.6 Å². The van der Waals surface area contributed by atoms with E-state index in [4.69, 9.17) is 0 Å². The van der Waals surface area contributed by atoms with Crippen molar-refractivity contribution in [1.29, 1.82) is 0 Å². The fraction of sp³-hybridized carbons (Fsp3) is 0.700. The third kappa shape index (κ3) is 10.5. The van der Waals surface area contributed by atoms with Gasteiger partial charge in [-0.25, -0.2) is 4.79 Å². The van der Waals surface area contributed by atoms with Crippen molar-refractivity contribution in [2.24, 2.45) is 0 Å². The summed E-state index contributed by atoms with van der Waals surface area (Å²) < 4.78 is 39.8. The number of carbonyl (C=O) groups excluding carboxylic acids is 3. The lowest BCUT2D eigenvalue weighted by Crippen LogP contribution is -2.44. The van der Waals surface area contributed by atoms with Gasteiger partial charge >= 0.3 is 18.2 Å². The highest BCUT2D eigenvalue weighted by atomic mass is 32.2. The molecule has 0 aromatic heterocycles. The number of ether oxygens (including phenoxy) is 1. The molecule has 0 aromatic rings. The van der Waals surface area contributed by atoms with E-state index in [1.807, 2.05) is 0 Å². The minimum absolute atomic E-state index is 0.0145. The largest absolute Gasteiger partial charge is 0.456 e. The molecule has 6 nitrogen and oxygen atoms in total. The molecule has 0 aliphatic rings. The number of hydrogen-bond acceptors (Lipinski definition) is 5. The van der Waals surface area contributed by atoms with Crippen LogP contribution in [0.15, 0.2) is 0 Å². The van der Waals surface area contributed by atoms with E-state index in [0.717, 1.165) is 0 Å². The van der Waals surface area contributed by atoms with Gasteiger partial charge in [0.05, 0.1) is 6.42 Å². The lowest BCUT2D eigenvalue weighted by Gasteiger charge is -2.10. The Morgan fingerprint density at radius 1 is 1.30 bits per heavy atom. The van der Waals surface area contributed by atoms with Gasteiger partial charge in [-0.3, -0.25) is 14.9 Å². The molecule has 0 aliphatic heterocycles. The maximum atomic E-state index is 11.8. The standard InChI is InChI=1S/C10H15F3N2O4S/c1-6(20-2)3-8(17)19-4-7(16)15-9(18)14-5-10(11,12)13/h6H,3-5H2,1-2H3,(H2,14,15,16,18)/t6-/m1/s1. The number of halogens is 3. The van der Waals surface area contributed by atoms with Crippen molar-refractivity contribution in [3.05, 3.63) is 0 Å². The van der Waals surface area contributed by atoms with Crippen LogP contribution in [0.1, 0.15) is 13.3 Å². The van der Waals surface area contributed by atoms with Gasteiger partial charge in [0.25, 0.3) is 5.91 Å². The normalized spacial score (nSPS) is 12.4. The number of hydrogen-bond donors (Lipinski definition) is 2. The first-order chi connectivity index (χ1) is 9.14. The highest BCUT2D eigenvalue weighted by Crippen LogP contribution is 2.12. The Bertz CT molecular complexity index is 363. The molecule has 0 unspecified atom stereocenters. The van der Waals surface area contributed by atoms with Crippen LogP contribution in [0.4, 0.5) is 18.0 Å². The first kappa shape index (κ1) is 18.6. The summed E-state index contributed by atoms with van der Waals surface area (Å²) in [5.41, 5.74) is 0. The number of amides is 3. The van der Waals surface area contributed by atoms with Crippen LogP contribution in [0, 0.1) is 0 Å².